The van der Waals surface area contributed by atoms with E-state index in [9.17, 15) is 28.8 Å². The van der Waals surface area contributed by atoms with Gasteiger partial charge in [0.25, 0.3) is 0 Å². The molecule has 0 aromatic heterocycles. The van der Waals surface area contributed by atoms with Crippen molar-refractivity contribution in [3.63, 3.8) is 0 Å². The topological polar surface area (TPSA) is 158 Å². The van der Waals surface area contributed by atoms with Gasteiger partial charge in [-0.1, -0.05) is 65.8 Å². The summed E-state index contributed by atoms with van der Waals surface area (Å²) in [6, 6.07) is 0. The van der Waals surface area contributed by atoms with E-state index in [-0.39, 0.29) is 73.6 Å². The van der Waals surface area contributed by atoms with Crippen LogP contribution in [0.25, 0.3) is 0 Å². The molecule has 61 heavy (non-hydrogen) atoms. The van der Waals surface area contributed by atoms with Crippen molar-refractivity contribution in [2.75, 3.05) is 13.2 Å². The van der Waals surface area contributed by atoms with Crippen molar-refractivity contribution in [3.05, 3.63) is 24.3 Å². The summed E-state index contributed by atoms with van der Waals surface area (Å²) in [5.74, 6) is 0.893. The van der Waals surface area contributed by atoms with Gasteiger partial charge in [-0.05, 0) is 137 Å². The molecule has 0 aromatic carbocycles. The standard InChI is InChI=1S/C49H76O12/c1-9-11-13-15-43(51)56-30-38(31-57-44(52)16-14-12-10-2)60-46(54)28-33(4)18-17-32(3)27-45(53)58-35(6)59-47(55)61-37-23-25-48(7)36(29-37)19-20-39-41-22-21-40(34(5)50)49(41,8)26-24-42(39)48/h11-14,32-33,35-42H,9-10,15-31H2,1-8H3/b13-11-,14-12-/t32?,33?,35?,36-,37+,39-,40+,41-,42-,48-,49+/m0/s1. The van der Waals surface area contributed by atoms with Crippen LogP contribution in [0.5, 0.6) is 0 Å². The highest BCUT2D eigenvalue weighted by molar-refractivity contribution is 5.79. The first-order valence-electron chi connectivity index (χ1n) is 23.4. The van der Waals surface area contributed by atoms with Crippen LogP contribution in [0.15, 0.2) is 24.3 Å². The summed E-state index contributed by atoms with van der Waals surface area (Å²) in [5.41, 5.74) is 0.346. The Morgan fingerprint density at radius 2 is 1.20 bits per heavy atom. The Balaban J connectivity index is 1.14. The lowest BCUT2D eigenvalue weighted by molar-refractivity contribution is -0.172. The van der Waals surface area contributed by atoms with Crippen LogP contribution in [0, 0.1) is 52.3 Å². The normalized spacial score (nSPS) is 29.7. The molecule has 344 valence electrons. The molecule has 4 aliphatic carbocycles. The Hall–Kier alpha value is -3.70. The number of allylic oxidation sites excluding steroid dienone is 2. The highest BCUT2D eigenvalue weighted by Crippen LogP contribution is 2.67. The number of fused-ring (bicyclic) bond motifs is 5. The maximum atomic E-state index is 12.9. The molecule has 3 unspecified atom stereocenters. The van der Waals surface area contributed by atoms with Crippen molar-refractivity contribution >= 4 is 35.8 Å². The number of carbonyl (C=O) groups is 6. The van der Waals surface area contributed by atoms with Gasteiger partial charge in [0, 0.05) is 25.7 Å². The third-order valence-corrected chi connectivity index (χ3v) is 14.6. The van der Waals surface area contributed by atoms with Gasteiger partial charge in [-0.2, -0.15) is 0 Å². The molecule has 4 saturated carbocycles. The molecule has 4 rings (SSSR count). The lowest BCUT2D eigenvalue weighted by Crippen LogP contribution is -2.54. The third kappa shape index (κ3) is 14.4. The van der Waals surface area contributed by atoms with Crippen LogP contribution < -0.4 is 0 Å². The Kier molecular flexibility index (Phi) is 19.4. The average molecular weight is 857 g/mol. The van der Waals surface area contributed by atoms with Crippen LogP contribution in [0.1, 0.15) is 165 Å². The van der Waals surface area contributed by atoms with E-state index in [1.807, 2.05) is 39.8 Å². The van der Waals surface area contributed by atoms with Gasteiger partial charge in [-0.15, -0.1) is 0 Å². The van der Waals surface area contributed by atoms with E-state index >= 15 is 0 Å². The van der Waals surface area contributed by atoms with Gasteiger partial charge >= 0.3 is 30.0 Å². The van der Waals surface area contributed by atoms with E-state index in [4.69, 9.17) is 28.4 Å². The fraction of sp³-hybridized carbons (Fsp3) is 0.796. The van der Waals surface area contributed by atoms with Crippen LogP contribution in [0.2, 0.25) is 0 Å². The molecular formula is C49H76O12. The number of rotatable bonds is 22. The second-order valence-corrected chi connectivity index (χ2v) is 19.2. The summed E-state index contributed by atoms with van der Waals surface area (Å²) >= 11 is 0. The Labute approximate surface area is 365 Å². The number of hydrogen-bond donors (Lipinski definition) is 0. The molecule has 11 atom stereocenters. The maximum absolute atomic E-state index is 12.9. The lowest BCUT2D eigenvalue weighted by Gasteiger charge is -2.61. The molecule has 0 N–H and O–H groups in total. The number of ketones is 1. The van der Waals surface area contributed by atoms with Gasteiger partial charge in [-0.25, -0.2) is 4.79 Å². The molecule has 0 radical (unpaired) electrons. The minimum absolute atomic E-state index is 0.0611. The zero-order valence-corrected chi connectivity index (χ0v) is 38.4. The maximum Gasteiger partial charge on any atom is 0.511 e. The first-order chi connectivity index (χ1) is 29.0. The fourth-order valence-electron chi connectivity index (χ4n) is 11.4. The van der Waals surface area contributed by atoms with E-state index in [1.165, 1.54) is 26.2 Å². The molecule has 0 spiro atoms. The van der Waals surface area contributed by atoms with E-state index in [2.05, 4.69) is 13.8 Å². The predicted octanol–water partition coefficient (Wildman–Crippen LogP) is 10.2. The number of Topliss-reactive ketones (excluding diaryl/α,β-unsaturated/α-hetero) is 1. The second kappa shape index (κ2) is 23.7. The highest BCUT2D eigenvalue weighted by atomic mass is 16.8. The molecule has 4 fully saturated rings. The molecule has 4 aliphatic rings. The summed E-state index contributed by atoms with van der Waals surface area (Å²) < 4.78 is 32.7. The van der Waals surface area contributed by atoms with Gasteiger partial charge < -0.3 is 28.4 Å². The van der Waals surface area contributed by atoms with Gasteiger partial charge in [0.2, 0.25) is 6.29 Å². The Morgan fingerprint density at radius 3 is 1.77 bits per heavy atom. The minimum Gasteiger partial charge on any atom is -0.461 e. The largest absolute Gasteiger partial charge is 0.511 e. The van der Waals surface area contributed by atoms with Crippen LogP contribution in [-0.2, 0) is 52.4 Å². The third-order valence-electron chi connectivity index (χ3n) is 14.6. The van der Waals surface area contributed by atoms with Crippen molar-refractivity contribution in [2.45, 2.75) is 183 Å². The van der Waals surface area contributed by atoms with E-state index < -0.39 is 42.4 Å². The number of ether oxygens (including phenoxy) is 6. The zero-order chi connectivity index (χ0) is 44.7. The average Bonchev–Trinajstić information content (AvgIpc) is 3.56. The fourth-order valence-corrected chi connectivity index (χ4v) is 11.4. The van der Waals surface area contributed by atoms with Crippen molar-refractivity contribution in [3.8, 4) is 0 Å². The quantitative estimate of drug-likeness (QED) is 0.0440. The van der Waals surface area contributed by atoms with E-state index in [1.54, 1.807) is 19.1 Å². The van der Waals surface area contributed by atoms with Gasteiger partial charge in [0.15, 0.2) is 6.10 Å². The molecule has 12 heteroatoms. The summed E-state index contributed by atoms with van der Waals surface area (Å²) in [5, 5.41) is 0. The first kappa shape index (κ1) is 50.0. The first-order valence-corrected chi connectivity index (χ1v) is 23.4. The molecule has 0 aromatic rings. The van der Waals surface area contributed by atoms with Gasteiger partial charge in [0.1, 0.15) is 25.1 Å². The Bertz CT molecular complexity index is 1520. The molecule has 0 bridgehead atoms. The SMILES string of the molecule is CC/C=C\CC(=O)OCC(COC(=O)C/C=C\CC)OC(=O)CC(C)CCC(C)CC(=O)OC(C)OC(=O)O[C@@H]1CC[C@@]2(C)[C@@H](CC[C@@H]3[C@@H]2CC[C@]2(C)[C@@H](C(C)=O)CC[C@@H]32)C1. The highest BCUT2D eigenvalue weighted by Gasteiger charge is 2.61. The van der Waals surface area contributed by atoms with Crippen molar-refractivity contribution in [1.82, 2.24) is 0 Å². The van der Waals surface area contributed by atoms with Crippen LogP contribution in [0.3, 0.4) is 0 Å². The summed E-state index contributed by atoms with van der Waals surface area (Å²) in [6.45, 7) is 15.4. The molecule has 0 aliphatic heterocycles. The van der Waals surface area contributed by atoms with Crippen LogP contribution in [0.4, 0.5) is 4.79 Å². The molecule has 0 amide bonds. The summed E-state index contributed by atoms with van der Waals surface area (Å²) in [7, 11) is 0. The molecular weight excluding hydrogens is 781 g/mol. The second-order valence-electron chi connectivity index (χ2n) is 19.2. The van der Waals surface area contributed by atoms with Crippen LogP contribution >= 0.6 is 0 Å². The van der Waals surface area contributed by atoms with Crippen molar-refractivity contribution in [1.29, 1.82) is 0 Å². The molecule has 0 heterocycles. The minimum atomic E-state index is -1.10. The monoisotopic (exact) mass is 857 g/mol. The number of carbonyl (C=O) groups excluding carboxylic acids is 6. The van der Waals surface area contributed by atoms with Crippen LogP contribution in [-0.4, -0.2) is 67.5 Å². The van der Waals surface area contributed by atoms with Crippen molar-refractivity contribution in [2.24, 2.45) is 52.3 Å². The lowest BCUT2D eigenvalue weighted by atomic mass is 9.44. The van der Waals surface area contributed by atoms with Gasteiger partial charge in [0.05, 0.1) is 12.8 Å². The summed E-state index contributed by atoms with van der Waals surface area (Å²) in [6.07, 6.45) is 16.7. The van der Waals surface area contributed by atoms with Crippen molar-refractivity contribution < 1.29 is 57.2 Å². The Morgan fingerprint density at radius 1 is 0.639 bits per heavy atom. The van der Waals surface area contributed by atoms with E-state index in [0.29, 0.717) is 42.3 Å². The van der Waals surface area contributed by atoms with Gasteiger partial charge in [-0.3, -0.25) is 24.0 Å². The summed E-state index contributed by atoms with van der Waals surface area (Å²) in [4.78, 5) is 75.3. The number of hydrogen-bond acceptors (Lipinski definition) is 12. The molecule has 12 nitrogen and oxygen atoms in total. The number of esters is 4. The van der Waals surface area contributed by atoms with E-state index in [0.717, 1.165) is 51.4 Å². The smallest absolute Gasteiger partial charge is 0.461 e. The molecule has 0 saturated heterocycles. The zero-order valence-electron chi connectivity index (χ0n) is 38.4. The predicted molar refractivity (Wildman–Crippen MR) is 229 cm³/mol.